The van der Waals surface area contributed by atoms with E-state index in [-0.39, 0.29) is 18.4 Å². The summed E-state index contributed by atoms with van der Waals surface area (Å²) >= 11 is 6.37. The Labute approximate surface area is 214 Å². The van der Waals surface area contributed by atoms with Crippen LogP contribution in [0.5, 0.6) is 0 Å². The average Bonchev–Trinajstić information content (AvgIpc) is 2.75. The van der Waals surface area contributed by atoms with E-state index in [4.69, 9.17) is 11.6 Å². The fraction of sp³-hybridized carbons (Fsp3) is 0.462. The Hall–Kier alpha value is -2.58. The quantitative estimate of drug-likeness (QED) is 0.477. The van der Waals surface area contributed by atoms with E-state index in [0.717, 1.165) is 21.7 Å². The molecule has 1 atom stereocenters. The SMILES string of the molecule is CCC(C(=O)NCC(C)C)N(Cc1ccccc1Cl)C(=O)CN(c1cc(C)cc(C)c1)S(C)(=O)=O. The molecule has 0 heterocycles. The Bertz CT molecular complexity index is 1130. The fourth-order valence-electron chi connectivity index (χ4n) is 3.86. The smallest absolute Gasteiger partial charge is 0.244 e. The summed E-state index contributed by atoms with van der Waals surface area (Å²) in [7, 11) is -3.78. The van der Waals surface area contributed by atoms with Gasteiger partial charge in [0, 0.05) is 18.1 Å². The summed E-state index contributed by atoms with van der Waals surface area (Å²) in [6.45, 7) is 9.66. The Morgan fingerprint density at radius 3 is 2.17 bits per heavy atom. The number of rotatable bonds is 11. The minimum atomic E-state index is -3.78. The highest BCUT2D eigenvalue weighted by atomic mass is 35.5. The summed E-state index contributed by atoms with van der Waals surface area (Å²) in [6, 6.07) is 11.7. The van der Waals surface area contributed by atoms with Gasteiger partial charge in [0.25, 0.3) is 0 Å². The first-order chi connectivity index (χ1) is 16.3. The first-order valence-electron chi connectivity index (χ1n) is 11.7. The molecule has 0 fully saturated rings. The van der Waals surface area contributed by atoms with E-state index >= 15 is 0 Å². The van der Waals surface area contributed by atoms with Crippen LogP contribution in [0.2, 0.25) is 5.02 Å². The van der Waals surface area contributed by atoms with Gasteiger partial charge in [0.05, 0.1) is 11.9 Å². The molecule has 0 aliphatic carbocycles. The molecule has 0 bridgehead atoms. The van der Waals surface area contributed by atoms with Crippen molar-refractivity contribution in [2.75, 3.05) is 23.7 Å². The highest BCUT2D eigenvalue weighted by Gasteiger charge is 2.32. The summed E-state index contributed by atoms with van der Waals surface area (Å²) < 4.78 is 26.6. The Kier molecular flexibility index (Phi) is 10.2. The van der Waals surface area contributed by atoms with Crippen LogP contribution in [0.3, 0.4) is 0 Å². The maximum absolute atomic E-state index is 13.7. The first-order valence-corrected chi connectivity index (χ1v) is 13.9. The zero-order chi connectivity index (χ0) is 26.3. The van der Waals surface area contributed by atoms with Gasteiger partial charge >= 0.3 is 0 Å². The van der Waals surface area contributed by atoms with Crippen molar-refractivity contribution in [2.45, 2.75) is 53.6 Å². The number of nitrogens with zero attached hydrogens (tertiary/aromatic N) is 2. The van der Waals surface area contributed by atoms with Gasteiger partial charge in [-0.3, -0.25) is 13.9 Å². The number of sulfonamides is 1. The molecule has 0 spiro atoms. The van der Waals surface area contributed by atoms with Crippen molar-refractivity contribution in [1.29, 1.82) is 0 Å². The predicted molar refractivity (Wildman–Crippen MR) is 142 cm³/mol. The van der Waals surface area contributed by atoms with Gasteiger partial charge in [-0.25, -0.2) is 8.42 Å². The second-order valence-corrected chi connectivity index (χ2v) is 11.6. The van der Waals surface area contributed by atoms with Crippen molar-refractivity contribution in [3.8, 4) is 0 Å². The highest BCUT2D eigenvalue weighted by Crippen LogP contribution is 2.24. The minimum absolute atomic E-state index is 0.0799. The van der Waals surface area contributed by atoms with Crippen LogP contribution in [0, 0.1) is 19.8 Å². The van der Waals surface area contributed by atoms with E-state index in [0.29, 0.717) is 29.2 Å². The molecule has 7 nitrogen and oxygen atoms in total. The number of amides is 2. The molecule has 192 valence electrons. The first kappa shape index (κ1) is 28.7. The Morgan fingerprint density at radius 2 is 1.66 bits per heavy atom. The lowest BCUT2D eigenvalue weighted by atomic mass is 10.1. The van der Waals surface area contributed by atoms with Crippen LogP contribution in [0.1, 0.15) is 43.9 Å². The normalized spacial score (nSPS) is 12.3. The second kappa shape index (κ2) is 12.4. The monoisotopic (exact) mass is 521 g/mol. The van der Waals surface area contributed by atoms with Crippen molar-refractivity contribution in [1.82, 2.24) is 10.2 Å². The average molecular weight is 522 g/mol. The lowest BCUT2D eigenvalue weighted by Crippen LogP contribution is -2.52. The van der Waals surface area contributed by atoms with Crippen LogP contribution in [-0.2, 0) is 26.2 Å². The number of hydrogen-bond acceptors (Lipinski definition) is 4. The number of carbonyl (C=O) groups excluding carboxylic acids is 2. The number of anilines is 1. The molecule has 0 aliphatic heterocycles. The Morgan fingerprint density at radius 1 is 1.06 bits per heavy atom. The van der Waals surface area contributed by atoms with Crippen LogP contribution in [-0.4, -0.2) is 50.5 Å². The molecule has 1 unspecified atom stereocenters. The van der Waals surface area contributed by atoms with Gasteiger partial charge in [-0.1, -0.05) is 56.6 Å². The molecule has 9 heteroatoms. The molecule has 2 aromatic rings. The molecule has 0 aliphatic rings. The van der Waals surface area contributed by atoms with Gasteiger partial charge in [-0.15, -0.1) is 0 Å². The lowest BCUT2D eigenvalue weighted by Gasteiger charge is -2.33. The maximum atomic E-state index is 13.7. The zero-order valence-corrected chi connectivity index (χ0v) is 22.9. The molecule has 0 aromatic heterocycles. The molecule has 2 rings (SSSR count). The van der Waals surface area contributed by atoms with Gasteiger partial charge in [-0.05, 0) is 61.1 Å². The van der Waals surface area contributed by atoms with E-state index in [1.54, 1.807) is 30.3 Å². The van der Waals surface area contributed by atoms with E-state index in [1.165, 1.54) is 4.90 Å². The number of benzene rings is 2. The lowest BCUT2D eigenvalue weighted by molar-refractivity contribution is -0.140. The number of carbonyl (C=O) groups is 2. The topological polar surface area (TPSA) is 86.8 Å². The standard InChI is InChI=1S/C26H36ClN3O4S/c1-7-24(26(32)28-15-18(2)3)29(16-21-10-8-9-11-23(21)27)25(31)17-30(35(6,33)34)22-13-19(4)12-20(5)14-22/h8-14,18,24H,7,15-17H2,1-6H3,(H,28,32). The minimum Gasteiger partial charge on any atom is -0.354 e. The van der Waals surface area contributed by atoms with Crippen molar-refractivity contribution < 1.29 is 18.0 Å². The molecule has 35 heavy (non-hydrogen) atoms. The summed E-state index contributed by atoms with van der Waals surface area (Å²) in [5.41, 5.74) is 2.85. The van der Waals surface area contributed by atoms with Crippen LogP contribution >= 0.6 is 11.6 Å². The predicted octanol–water partition coefficient (Wildman–Crippen LogP) is 4.30. The third-order valence-corrected chi connectivity index (χ3v) is 7.05. The van der Waals surface area contributed by atoms with Gasteiger partial charge in [0.15, 0.2) is 0 Å². The van der Waals surface area contributed by atoms with E-state index in [2.05, 4.69) is 5.32 Å². The molecular formula is C26H36ClN3O4S. The molecule has 0 saturated heterocycles. The molecule has 2 amide bonds. The van der Waals surface area contributed by atoms with Crippen LogP contribution in [0.15, 0.2) is 42.5 Å². The summed E-state index contributed by atoms with van der Waals surface area (Å²) in [5.74, 6) is -0.519. The largest absolute Gasteiger partial charge is 0.354 e. The molecule has 0 saturated carbocycles. The van der Waals surface area contributed by atoms with Gasteiger partial charge in [0.1, 0.15) is 12.6 Å². The van der Waals surface area contributed by atoms with Crippen LogP contribution < -0.4 is 9.62 Å². The molecule has 0 radical (unpaired) electrons. The summed E-state index contributed by atoms with van der Waals surface area (Å²) in [5, 5.41) is 3.37. The summed E-state index contributed by atoms with van der Waals surface area (Å²) in [6.07, 6.45) is 1.44. The second-order valence-electron chi connectivity index (χ2n) is 9.29. The number of halogens is 1. The van der Waals surface area contributed by atoms with E-state index in [9.17, 15) is 18.0 Å². The van der Waals surface area contributed by atoms with E-state index in [1.807, 2.05) is 46.8 Å². The third-order valence-electron chi connectivity index (χ3n) is 5.54. The van der Waals surface area contributed by atoms with Crippen LogP contribution in [0.25, 0.3) is 0 Å². The Balaban J connectivity index is 2.47. The van der Waals surface area contributed by atoms with Crippen molar-refractivity contribution >= 4 is 39.1 Å². The van der Waals surface area contributed by atoms with Crippen molar-refractivity contribution in [2.24, 2.45) is 5.92 Å². The third kappa shape index (κ3) is 8.25. The van der Waals surface area contributed by atoms with E-state index < -0.39 is 28.5 Å². The molecular weight excluding hydrogens is 486 g/mol. The summed E-state index contributed by atoms with van der Waals surface area (Å²) in [4.78, 5) is 28.2. The fourth-order valence-corrected chi connectivity index (χ4v) is 4.89. The number of aryl methyl sites for hydroxylation is 2. The van der Waals surface area contributed by atoms with Gasteiger partial charge in [-0.2, -0.15) is 0 Å². The van der Waals surface area contributed by atoms with Crippen molar-refractivity contribution in [3.63, 3.8) is 0 Å². The number of hydrogen-bond donors (Lipinski definition) is 1. The molecule has 2 aromatic carbocycles. The van der Waals surface area contributed by atoms with Gasteiger partial charge in [0.2, 0.25) is 21.8 Å². The van der Waals surface area contributed by atoms with Crippen LogP contribution in [0.4, 0.5) is 5.69 Å². The molecule has 1 N–H and O–H groups in total. The maximum Gasteiger partial charge on any atom is 0.244 e. The van der Waals surface area contributed by atoms with Gasteiger partial charge < -0.3 is 10.2 Å². The number of nitrogens with one attached hydrogen (secondary N) is 1. The zero-order valence-electron chi connectivity index (χ0n) is 21.3. The van der Waals surface area contributed by atoms with Crippen molar-refractivity contribution in [3.05, 3.63) is 64.2 Å². The highest BCUT2D eigenvalue weighted by molar-refractivity contribution is 7.92.